The van der Waals surface area contributed by atoms with E-state index in [1.165, 1.54) is 4.68 Å². The Morgan fingerprint density at radius 2 is 2.00 bits per heavy atom. The molecule has 2 aromatic carbocycles. The number of rotatable bonds is 4. The van der Waals surface area contributed by atoms with Crippen LogP contribution in [0.3, 0.4) is 0 Å². The Morgan fingerprint density at radius 1 is 1.26 bits per heavy atom. The zero-order valence-corrected chi connectivity index (χ0v) is 16.6. The third-order valence-corrected chi connectivity index (χ3v) is 4.36. The van der Waals surface area contributed by atoms with E-state index >= 15 is 0 Å². The van der Waals surface area contributed by atoms with Gasteiger partial charge in [-0.25, -0.2) is 0 Å². The van der Waals surface area contributed by atoms with E-state index in [1.807, 2.05) is 64.1 Å². The molecule has 0 aliphatic rings. The Kier molecular flexibility index (Phi) is 5.23. The zero-order chi connectivity index (χ0) is 19.6. The van der Waals surface area contributed by atoms with Crippen LogP contribution < -0.4 is 10.3 Å². The average Bonchev–Trinajstić information content (AvgIpc) is 2.61. The molecule has 0 radical (unpaired) electrons. The van der Waals surface area contributed by atoms with E-state index in [0.29, 0.717) is 18.1 Å². The summed E-state index contributed by atoms with van der Waals surface area (Å²) >= 11 is 5.22. The van der Waals surface area contributed by atoms with Crippen LogP contribution in [0.4, 0.5) is 0 Å². The Labute approximate surface area is 162 Å². The molecular formula is C20H22N4O2S. The molecule has 0 amide bonds. The molecule has 0 spiro atoms. The van der Waals surface area contributed by atoms with Crippen molar-refractivity contribution in [2.45, 2.75) is 33.1 Å². The Bertz CT molecular complexity index is 1120. The van der Waals surface area contributed by atoms with Gasteiger partial charge in [-0.3, -0.25) is 9.89 Å². The summed E-state index contributed by atoms with van der Waals surface area (Å²) in [5.41, 5.74) is 0.409. The van der Waals surface area contributed by atoms with Gasteiger partial charge in [0.2, 0.25) is 4.77 Å². The van der Waals surface area contributed by atoms with Gasteiger partial charge in [0.05, 0.1) is 12.8 Å². The first-order valence-corrected chi connectivity index (χ1v) is 9.15. The highest BCUT2D eigenvalue weighted by Gasteiger charge is 2.21. The predicted molar refractivity (Wildman–Crippen MR) is 110 cm³/mol. The van der Waals surface area contributed by atoms with Gasteiger partial charge in [-0.1, -0.05) is 51.1 Å². The van der Waals surface area contributed by atoms with E-state index in [2.05, 4.69) is 15.3 Å². The van der Waals surface area contributed by atoms with E-state index < -0.39 is 5.41 Å². The number of nitrogens with one attached hydrogen (secondary N) is 1. The van der Waals surface area contributed by atoms with Gasteiger partial charge in [0.1, 0.15) is 11.4 Å². The molecule has 3 aromatic rings. The summed E-state index contributed by atoms with van der Waals surface area (Å²) in [6.07, 6.45) is 1.62. The van der Waals surface area contributed by atoms with Gasteiger partial charge in [-0.2, -0.15) is 14.9 Å². The standard InChI is InChI=1S/C20H22N4O2S/c1-5-26-16-11-10-13-8-6-7-9-14(13)15(16)12-21-24-18(25)17(20(2,3)4)22-23-19(24)27/h6-12H,5H2,1-4H3,(H,23,27)/b21-12-. The largest absolute Gasteiger partial charge is 0.493 e. The van der Waals surface area contributed by atoms with Crippen LogP contribution in [0.5, 0.6) is 5.75 Å². The number of fused-ring (bicyclic) bond motifs is 1. The molecule has 6 nitrogen and oxygen atoms in total. The SMILES string of the molecule is CCOc1ccc2ccccc2c1/C=N\n1c(=S)[nH]nc(C(C)(C)C)c1=O. The maximum absolute atomic E-state index is 12.8. The Balaban J connectivity index is 2.19. The van der Waals surface area contributed by atoms with Crippen LogP contribution in [0, 0.1) is 4.77 Å². The normalized spacial score (nSPS) is 12.0. The molecule has 140 valence electrons. The number of aromatic nitrogens is 3. The molecule has 0 saturated carbocycles. The van der Waals surface area contributed by atoms with Gasteiger partial charge in [0, 0.05) is 11.0 Å². The molecule has 7 heteroatoms. The molecule has 0 atom stereocenters. The van der Waals surface area contributed by atoms with Crippen molar-refractivity contribution in [2.75, 3.05) is 6.61 Å². The first-order chi connectivity index (χ1) is 12.8. The second-order valence-corrected chi connectivity index (χ2v) is 7.51. The molecule has 0 aliphatic carbocycles. The average molecular weight is 382 g/mol. The fraction of sp³-hybridized carbons (Fsp3) is 0.300. The number of aromatic amines is 1. The minimum absolute atomic E-state index is 0.141. The number of hydrogen-bond acceptors (Lipinski definition) is 5. The van der Waals surface area contributed by atoms with Gasteiger partial charge in [-0.05, 0) is 36.0 Å². The lowest BCUT2D eigenvalue weighted by molar-refractivity contribution is 0.340. The summed E-state index contributed by atoms with van der Waals surface area (Å²) in [5, 5.41) is 13.2. The van der Waals surface area contributed by atoms with Crippen molar-refractivity contribution in [3.8, 4) is 5.75 Å². The number of benzene rings is 2. The molecule has 3 rings (SSSR count). The third-order valence-electron chi connectivity index (χ3n) is 4.09. The van der Waals surface area contributed by atoms with E-state index in [0.717, 1.165) is 16.3 Å². The van der Waals surface area contributed by atoms with E-state index in [4.69, 9.17) is 17.0 Å². The van der Waals surface area contributed by atoms with Crippen LogP contribution in [0.2, 0.25) is 0 Å². The number of nitrogens with zero attached hydrogens (tertiary/aromatic N) is 3. The van der Waals surface area contributed by atoms with Crippen molar-refractivity contribution < 1.29 is 4.74 Å². The summed E-state index contributed by atoms with van der Waals surface area (Å²) in [6.45, 7) is 8.21. The maximum Gasteiger partial charge on any atom is 0.297 e. The van der Waals surface area contributed by atoms with E-state index in [9.17, 15) is 4.79 Å². The van der Waals surface area contributed by atoms with Gasteiger partial charge < -0.3 is 4.74 Å². The van der Waals surface area contributed by atoms with Gasteiger partial charge >= 0.3 is 0 Å². The smallest absolute Gasteiger partial charge is 0.297 e. The summed E-state index contributed by atoms with van der Waals surface area (Å²) in [6, 6.07) is 11.9. The third kappa shape index (κ3) is 3.83. The van der Waals surface area contributed by atoms with Crippen LogP contribution in [0.15, 0.2) is 46.3 Å². The van der Waals surface area contributed by atoms with Crippen molar-refractivity contribution in [2.24, 2.45) is 5.10 Å². The molecule has 1 aromatic heterocycles. The summed E-state index contributed by atoms with van der Waals surface area (Å²) in [7, 11) is 0. The number of H-pyrrole nitrogens is 1. The molecule has 0 bridgehead atoms. The molecule has 0 fully saturated rings. The molecule has 0 aliphatic heterocycles. The molecule has 27 heavy (non-hydrogen) atoms. The van der Waals surface area contributed by atoms with Crippen LogP contribution in [-0.4, -0.2) is 27.7 Å². The lowest BCUT2D eigenvalue weighted by Crippen LogP contribution is -2.32. The second kappa shape index (κ2) is 7.44. The van der Waals surface area contributed by atoms with Crippen LogP contribution in [-0.2, 0) is 5.41 Å². The van der Waals surface area contributed by atoms with Crippen molar-refractivity contribution in [1.82, 2.24) is 14.9 Å². The molecular weight excluding hydrogens is 360 g/mol. The highest BCUT2D eigenvalue weighted by atomic mass is 32.1. The first-order valence-electron chi connectivity index (χ1n) is 8.74. The minimum Gasteiger partial charge on any atom is -0.493 e. The van der Waals surface area contributed by atoms with Crippen molar-refractivity contribution in [3.63, 3.8) is 0 Å². The molecule has 0 saturated heterocycles. The second-order valence-electron chi connectivity index (χ2n) is 7.12. The van der Waals surface area contributed by atoms with Gasteiger partial charge in [0.25, 0.3) is 5.56 Å². The van der Waals surface area contributed by atoms with Crippen LogP contribution in [0.1, 0.15) is 39.0 Å². The van der Waals surface area contributed by atoms with Crippen molar-refractivity contribution in [1.29, 1.82) is 0 Å². The van der Waals surface area contributed by atoms with Crippen molar-refractivity contribution in [3.05, 3.63) is 62.8 Å². The van der Waals surface area contributed by atoms with Crippen LogP contribution >= 0.6 is 12.2 Å². The van der Waals surface area contributed by atoms with Gasteiger partial charge in [-0.15, -0.1) is 0 Å². The molecule has 0 unspecified atom stereocenters. The molecule has 1 N–H and O–H groups in total. The van der Waals surface area contributed by atoms with Crippen molar-refractivity contribution >= 4 is 29.2 Å². The predicted octanol–water partition coefficient (Wildman–Crippen LogP) is 4.03. The monoisotopic (exact) mass is 382 g/mol. The lowest BCUT2D eigenvalue weighted by Gasteiger charge is -2.16. The lowest BCUT2D eigenvalue weighted by atomic mass is 9.93. The Hall–Kier alpha value is -2.80. The fourth-order valence-electron chi connectivity index (χ4n) is 2.79. The highest BCUT2D eigenvalue weighted by molar-refractivity contribution is 7.71. The topological polar surface area (TPSA) is 72.3 Å². The van der Waals surface area contributed by atoms with Crippen LogP contribution in [0.25, 0.3) is 10.8 Å². The fourth-order valence-corrected chi connectivity index (χ4v) is 2.97. The summed E-state index contributed by atoms with van der Waals surface area (Å²) in [5.74, 6) is 0.702. The molecule has 1 heterocycles. The summed E-state index contributed by atoms with van der Waals surface area (Å²) < 4.78 is 7.06. The maximum atomic E-state index is 12.8. The number of hydrogen-bond donors (Lipinski definition) is 1. The summed E-state index contributed by atoms with van der Waals surface area (Å²) in [4.78, 5) is 12.8. The zero-order valence-electron chi connectivity index (χ0n) is 15.8. The van der Waals surface area contributed by atoms with Gasteiger partial charge in [0.15, 0.2) is 0 Å². The van der Waals surface area contributed by atoms with E-state index in [1.54, 1.807) is 6.21 Å². The number of ether oxygens (including phenoxy) is 1. The quantitative estimate of drug-likeness (QED) is 0.546. The van der Waals surface area contributed by atoms with E-state index in [-0.39, 0.29) is 10.3 Å². The Morgan fingerprint density at radius 3 is 2.70 bits per heavy atom. The first kappa shape index (κ1) is 19.0. The highest BCUT2D eigenvalue weighted by Crippen LogP contribution is 2.26. The minimum atomic E-state index is -0.427.